The summed E-state index contributed by atoms with van der Waals surface area (Å²) < 4.78 is 6.69. The van der Waals surface area contributed by atoms with Gasteiger partial charge in [-0.3, -0.25) is 0 Å². The first-order valence-corrected chi connectivity index (χ1v) is 19.8. The molecule has 3 aromatic heterocycles. The van der Waals surface area contributed by atoms with Crippen molar-refractivity contribution in [2.24, 2.45) is 0 Å². The molecule has 9 aromatic carbocycles. The minimum atomic E-state index is 0.600. The highest BCUT2D eigenvalue weighted by molar-refractivity contribution is 6.26. The molecule has 0 N–H and O–H groups in total. The number of aromatic nitrogens is 4. The fraction of sp³-hybridized carbons (Fsp3) is 0. The van der Waals surface area contributed by atoms with Crippen molar-refractivity contribution in [3.63, 3.8) is 0 Å². The molecule has 0 atom stereocenters. The number of hydrogen-bond acceptors (Lipinski definition) is 5. The van der Waals surface area contributed by atoms with Gasteiger partial charge < -0.3 is 4.42 Å². The lowest BCUT2D eigenvalue weighted by atomic mass is 9.91. The highest BCUT2D eigenvalue weighted by atomic mass is 16.3. The first-order chi connectivity index (χ1) is 29.2. The van der Waals surface area contributed by atoms with Gasteiger partial charge in [0.1, 0.15) is 11.3 Å². The topological polar surface area (TPSA) is 64.7 Å². The van der Waals surface area contributed by atoms with E-state index in [1.807, 2.05) is 72.8 Å². The third-order valence-electron chi connectivity index (χ3n) is 11.5. The molecule has 0 aliphatic carbocycles. The van der Waals surface area contributed by atoms with Gasteiger partial charge in [0.25, 0.3) is 0 Å². The van der Waals surface area contributed by atoms with Gasteiger partial charge in [0.2, 0.25) is 0 Å². The molecule has 0 fully saturated rings. The maximum absolute atomic E-state index is 6.69. The number of nitrogens with zero attached hydrogens (tertiary/aromatic N) is 4. The Morgan fingerprint density at radius 3 is 1.37 bits per heavy atom. The molecule has 12 aromatic rings. The minimum Gasteiger partial charge on any atom is -0.454 e. The third-order valence-corrected chi connectivity index (χ3v) is 11.5. The van der Waals surface area contributed by atoms with E-state index in [1.165, 1.54) is 32.3 Å². The summed E-state index contributed by atoms with van der Waals surface area (Å²) in [5.41, 5.74) is 9.16. The van der Waals surface area contributed by atoms with Crippen molar-refractivity contribution < 1.29 is 4.42 Å². The molecule has 3 heterocycles. The number of pyridine rings is 1. The zero-order valence-corrected chi connectivity index (χ0v) is 31.7. The fourth-order valence-corrected chi connectivity index (χ4v) is 8.73. The maximum atomic E-state index is 6.69. The van der Waals surface area contributed by atoms with E-state index in [4.69, 9.17) is 24.4 Å². The number of rotatable bonds is 5. The quantitative estimate of drug-likeness (QED) is 0.164. The lowest BCUT2D eigenvalue weighted by molar-refractivity contribution is 0.669. The lowest BCUT2D eigenvalue weighted by Crippen LogP contribution is -2.00. The van der Waals surface area contributed by atoms with Crippen molar-refractivity contribution in [1.29, 1.82) is 0 Å². The molecular formula is C54H32N4O. The standard InChI is InChI=1S/C54H32N4O/c1-3-14-34(15-4-1)52-56-53(35-16-5-2-6-17-35)58-54(57-52)36-28-26-33(27-29-36)49-51-48(44-22-11-12-25-47(44)59-51)45-24-13-23-38(50(45)55-49)37-30-31-43-41-20-8-7-18-39(41)40-19-9-10-21-42(40)46(43)32-37/h1-32H. The van der Waals surface area contributed by atoms with Crippen LogP contribution in [0.2, 0.25) is 0 Å². The van der Waals surface area contributed by atoms with Crippen molar-refractivity contribution in [3.8, 4) is 56.5 Å². The second-order valence-corrected chi connectivity index (χ2v) is 14.9. The van der Waals surface area contributed by atoms with Gasteiger partial charge >= 0.3 is 0 Å². The van der Waals surface area contributed by atoms with Crippen molar-refractivity contribution >= 4 is 65.2 Å². The van der Waals surface area contributed by atoms with Gasteiger partial charge in [-0.25, -0.2) is 19.9 Å². The van der Waals surface area contributed by atoms with Crippen molar-refractivity contribution in [1.82, 2.24) is 19.9 Å². The molecule has 0 saturated carbocycles. The van der Waals surface area contributed by atoms with Crippen LogP contribution in [0.4, 0.5) is 0 Å². The van der Waals surface area contributed by atoms with Crippen LogP contribution in [0.15, 0.2) is 199 Å². The van der Waals surface area contributed by atoms with Gasteiger partial charge in [-0.2, -0.15) is 0 Å². The molecular weight excluding hydrogens is 721 g/mol. The van der Waals surface area contributed by atoms with E-state index in [-0.39, 0.29) is 0 Å². The summed E-state index contributed by atoms with van der Waals surface area (Å²) in [4.78, 5) is 20.3. The molecule has 0 radical (unpaired) electrons. The lowest BCUT2D eigenvalue weighted by Gasteiger charge is -2.14. The van der Waals surface area contributed by atoms with Crippen LogP contribution < -0.4 is 0 Å². The van der Waals surface area contributed by atoms with E-state index < -0.39 is 0 Å². The van der Waals surface area contributed by atoms with Crippen molar-refractivity contribution in [2.45, 2.75) is 0 Å². The molecule has 5 heteroatoms. The Morgan fingerprint density at radius 1 is 0.305 bits per heavy atom. The van der Waals surface area contributed by atoms with Gasteiger partial charge in [0, 0.05) is 44.0 Å². The second kappa shape index (κ2) is 13.3. The monoisotopic (exact) mass is 752 g/mol. The number of hydrogen-bond donors (Lipinski definition) is 0. The van der Waals surface area contributed by atoms with Crippen LogP contribution in [0, 0.1) is 0 Å². The van der Waals surface area contributed by atoms with E-state index in [1.54, 1.807) is 0 Å². The Hall–Kier alpha value is -8.02. The zero-order valence-electron chi connectivity index (χ0n) is 31.7. The number of para-hydroxylation sites is 2. The highest BCUT2D eigenvalue weighted by Crippen LogP contribution is 2.43. The summed E-state index contributed by atoms with van der Waals surface area (Å²) in [5, 5.41) is 10.7. The van der Waals surface area contributed by atoms with Gasteiger partial charge in [0.05, 0.1) is 5.52 Å². The Balaban J connectivity index is 1.05. The number of benzene rings is 9. The smallest absolute Gasteiger partial charge is 0.164 e. The molecule has 0 aliphatic heterocycles. The minimum absolute atomic E-state index is 0.600. The molecule has 0 spiro atoms. The molecule has 12 rings (SSSR count). The number of fused-ring (bicyclic) bond motifs is 11. The SMILES string of the molecule is c1ccc(-c2nc(-c3ccccc3)nc(-c3ccc(-c4nc5c(-c6ccc7c8ccccc8c8ccccc8c7c6)cccc5c5c4oc4ccccc45)cc3)n2)cc1. The average molecular weight is 753 g/mol. The summed E-state index contributed by atoms with van der Waals surface area (Å²) in [6.45, 7) is 0. The summed E-state index contributed by atoms with van der Waals surface area (Å²) in [6, 6.07) is 67.5. The van der Waals surface area contributed by atoms with Crippen molar-refractivity contribution in [3.05, 3.63) is 194 Å². The summed E-state index contributed by atoms with van der Waals surface area (Å²) in [5.74, 6) is 1.85. The van der Waals surface area contributed by atoms with Crippen LogP contribution in [0.1, 0.15) is 0 Å². The summed E-state index contributed by atoms with van der Waals surface area (Å²) in [6.07, 6.45) is 0. The Labute approximate surface area is 338 Å². The van der Waals surface area contributed by atoms with Crippen LogP contribution in [-0.2, 0) is 0 Å². The average Bonchev–Trinajstić information content (AvgIpc) is 3.72. The Kier molecular flexibility index (Phi) is 7.47. The van der Waals surface area contributed by atoms with Gasteiger partial charge in [-0.15, -0.1) is 0 Å². The highest BCUT2D eigenvalue weighted by Gasteiger charge is 2.21. The first-order valence-electron chi connectivity index (χ1n) is 19.8. The third kappa shape index (κ3) is 5.40. The van der Waals surface area contributed by atoms with Crippen LogP contribution in [0.5, 0.6) is 0 Å². The summed E-state index contributed by atoms with van der Waals surface area (Å²) >= 11 is 0. The van der Waals surface area contributed by atoms with E-state index in [0.717, 1.165) is 71.9 Å². The van der Waals surface area contributed by atoms with Gasteiger partial charge in [-0.1, -0.05) is 182 Å². The Bertz CT molecular complexity index is 3500. The molecule has 0 saturated heterocycles. The second-order valence-electron chi connectivity index (χ2n) is 14.9. The molecule has 0 aliphatic rings. The predicted molar refractivity (Wildman–Crippen MR) is 242 cm³/mol. The molecule has 0 amide bonds. The van der Waals surface area contributed by atoms with Gasteiger partial charge in [0.15, 0.2) is 23.1 Å². The van der Waals surface area contributed by atoms with Crippen molar-refractivity contribution in [2.75, 3.05) is 0 Å². The Morgan fingerprint density at radius 2 is 0.763 bits per heavy atom. The van der Waals surface area contributed by atoms with E-state index in [9.17, 15) is 0 Å². The zero-order chi connectivity index (χ0) is 38.9. The van der Waals surface area contributed by atoms with E-state index in [2.05, 4.69) is 121 Å². The molecule has 59 heavy (non-hydrogen) atoms. The first kappa shape index (κ1) is 33.2. The fourth-order valence-electron chi connectivity index (χ4n) is 8.73. The molecule has 0 bridgehead atoms. The molecule has 5 nitrogen and oxygen atoms in total. The van der Waals surface area contributed by atoms with E-state index >= 15 is 0 Å². The normalized spacial score (nSPS) is 11.7. The predicted octanol–water partition coefficient (Wildman–Crippen LogP) is 14.1. The molecule has 0 unspecified atom stereocenters. The van der Waals surface area contributed by atoms with Crippen LogP contribution >= 0.6 is 0 Å². The van der Waals surface area contributed by atoms with Crippen LogP contribution in [-0.4, -0.2) is 19.9 Å². The number of furan rings is 1. The largest absolute Gasteiger partial charge is 0.454 e. The maximum Gasteiger partial charge on any atom is 0.164 e. The summed E-state index contributed by atoms with van der Waals surface area (Å²) in [7, 11) is 0. The van der Waals surface area contributed by atoms with Crippen LogP contribution in [0.3, 0.4) is 0 Å². The van der Waals surface area contributed by atoms with Gasteiger partial charge in [-0.05, 0) is 50.0 Å². The molecule has 274 valence electrons. The van der Waals surface area contributed by atoms with Crippen LogP contribution in [0.25, 0.3) is 122 Å². The van der Waals surface area contributed by atoms with E-state index in [0.29, 0.717) is 17.5 Å².